The fraction of sp³-hybridized carbons (Fsp3) is 0.688. The lowest BCUT2D eigenvalue weighted by Gasteiger charge is -2.25. The average molecular weight is 323 g/mol. The molecular weight excluding hydrogens is 298 g/mol. The van der Waals surface area contributed by atoms with Crippen molar-refractivity contribution in [2.24, 2.45) is 0 Å². The molecule has 0 spiro atoms. The number of nitrogens with one attached hydrogen (secondary N) is 1. The second-order valence-corrected chi connectivity index (χ2v) is 8.39. The van der Waals surface area contributed by atoms with E-state index in [0.29, 0.717) is 12.6 Å². The molecule has 1 N–H and O–H groups in total. The fourth-order valence-corrected chi connectivity index (χ4v) is 4.74. The normalized spacial score (nSPS) is 24.5. The Labute approximate surface area is 133 Å². The Hall–Kier alpha value is -1.14. The molecule has 1 saturated carbocycles. The molecule has 6 heteroatoms. The highest BCUT2D eigenvalue weighted by Gasteiger charge is 2.33. The van der Waals surface area contributed by atoms with Crippen LogP contribution in [0.1, 0.15) is 56.7 Å². The van der Waals surface area contributed by atoms with Gasteiger partial charge in [-0.1, -0.05) is 25.3 Å². The largest absolute Gasteiger partial charge is 0.367 e. The van der Waals surface area contributed by atoms with E-state index in [0.717, 1.165) is 24.4 Å². The Kier molecular flexibility index (Phi) is 4.68. The molecule has 1 saturated heterocycles. The minimum absolute atomic E-state index is 0.108. The molecule has 22 heavy (non-hydrogen) atoms. The molecule has 0 radical (unpaired) electrons. The topological polar surface area (TPSA) is 62.3 Å². The molecule has 2 aliphatic rings. The molecule has 2 heterocycles. The van der Waals surface area contributed by atoms with Crippen LogP contribution in [0.25, 0.3) is 0 Å². The van der Waals surface area contributed by atoms with Gasteiger partial charge in [-0.2, -0.15) is 4.31 Å². The summed E-state index contributed by atoms with van der Waals surface area (Å²) < 4.78 is 25.4. The maximum Gasteiger partial charge on any atom is 0.211 e. The van der Waals surface area contributed by atoms with Crippen molar-refractivity contribution in [2.45, 2.75) is 57.0 Å². The van der Waals surface area contributed by atoms with Crippen molar-refractivity contribution < 1.29 is 8.42 Å². The Morgan fingerprint density at radius 2 is 1.91 bits per heavy atom. The summed E-state index contributed by atoms with van der Waals surface area (Å²) in [6, 6.07) is 6.30. The summed E-state index contributed by atoms with van der Waals surface area (Å²) in [4.78, 5) is 4.70. The average Bonchev–Trinajstić information content (AvgIpc) is 2.98. The quantitative estimate of drug-likeness (QED) is 0.925. The zero-order chi connectivity index (χ0) is 15.6. The van der Waals surface area contributed by atoms with Gasteiger partial charge in [-0.05, 0) is 37.8 Å². The summed E-state index contributed by atoms with van der Waals surface area (Å²) in [7, 11) is -3.17. The summed E-state index contributed by atoms with van der Waals surface area (Å²) in [6.45, 7) is 0.603. The molecule has 122 valence electrons. The van der Waals surface area contributed by atoms with E-state index in [1.165, 1.54) is 38.4 Å². The van der Waals surface area contributed by atoms with Gasteiger partial charge in [0.2, 0.25) is 10.0 Å². The molecule has 1 aliphatic heterocycles. The van der Waals surface area contributed by atoms with Crippen LogP contribution in [0, 0.1) is 0 Å². The minimum atomic E-state index is -3.17. The lowest BCUT2D eigenvalue weighted by atomic mass is 9.95. The molecule has 0 amide bonds. The molecule has 1 atom stereocenters. The zero-order valence-corrected chi connectivity index (χ0v) is 14.0. The molecule has 1 aliphatic carbocycles. The second-order valence-electron chi connectivity index (χ2n) is 6.46. The minimum Gasteiger partial charge on any atom is -0.367 e. The van der Waals surface area contributed by atoms with Crippen LogP contribution in [-0.2, 0) is 10.0 Å². The maximum atomic E-state index is 11.9. The third-order valence-corrected chi connectivity index (χ3v) is 5.99. The highest BCUT2D eigenvalue weighted by atomic mass is 32.2. The van der Waals surface area contributed by atoms with Crippen LogP contribution in [0.15, 0.2) is 18.2 Å². The smallest absolute Gasteiger partial charge is 0.211 e. The van der Waals surface area contributed by atoms with Crippen molar-refractivity contribution in [1.29, 1.82) is 0 Å². The van der Waals surface area contributed by atoms with Crippen LogP contribution >= 0.6 is 0 Å². The van der Waals surface area contributed by atoms with Crippen LogP contribution in [0.3, 0.4) is 0 Å². The van der Waals surface area contributed by atoms with Crippen LogP contribution in [0.4, 0.5) is 5.82 Å². The number of anilines is 1. The van der Waals surface area contributed by atoms with Crippen LogP contribution in [0.2, 0.25) is 0 Å². The van der Waals surface area contributed by atoms with Crippen molar-refractivity contribution >= 4 is 15.8 Å². The summed E-state index contributed by atoms with van der Waals surface area (Å²) in [6.07, 6.45) is 9.33. The van der Waals surface area contributed by atoms with Gasteiger partial charge in [0, 0.05) is 12.6 Å². The summed E-state index contributed by atoms with van der Waals surface area (Å²) in [5.41, 5.74) is 0.865. The first kappa shape index (κ1) is 15.7. The van der Waals surface area contributed by atoms with Crippen LogP contribution in [0.5, 0.6) is 0 Å². The first-order valence-corrected chi connectivity index (χ1v) is 10.1. The number of pyridine rings is 1. The number of hydrogen-bond acceptors (Lipinski definition) is 4. The highest BCUT2D eigenvalue weighted by molar-refractivity contribution is 7.88. The third kappa shape index (κ3) is 3.60. The predicted octanol–water partition coefficient (Wildman–Crippen LogP) is 2.92. The van der Waals surface area contributed by atoms with E-state index in [-0.39, 0.29) is 6.04 Å². The number of sulfonamides is 1. The predicted molar refractivity (Wildman–Crippen MR) is 88.3 cm³/mol. The number of nitrogens with zero attached hydrogens (tertiary/aromatic N) is 2. The molecule has 3 rings (SSSR count). The van der Waals surface area contributed by atoms with Crippen LogP contribution < -0.4 is 5.32 Å². The van der Waals surface area contributed by atoms with E-state index in [1.54, 1.807) is 4.31 Å². The molecular formula is C16H25N3O2S. The van der Waals surface area contributed by atoms with Gasteiger partial charge in [-0.3, -0.25) is 0 Å². The number of rotatable bonds is 4. The van der Waals surface area contributed by atoms with Crippen molar-refractivity contribution in [3.63, 3.8) is 0 Å². The Bertz CT molecular complexity index is 612. The van der Waals surface area contributed by atoms with E-state index in [2.05, 4.69) is 5.32 Å². The zero-order valence-electron chi connectivity index (χ0n) is 13.2. The second kappa shape index (κ2) is 6.54. The van der Waals surface area contributed by atoms with E-state index in [9.17, 15) is 8.42 Å². The van der Waals surface area contributed by atoms with Crippen molar-refractivity contribution in [1.82, 2.24) is 9.29 Å². The van der Waals surface area contributed by atoms with Gasteiger partial charge in [-0.15, -0.1) is 0 Å². The third-order valence-electron chi connectivity index (χ3n) is 4.70. The number of aromatic nitrogens is 1. The molecule has 0 bridgehead atoms. The molecule has 1 unspecified atom stereocenters. The Morgan fingerprint density at radius 3 is 2.64 bits per heavy atom. The van der Waals surface area contributed by atoms with Gasteiger partial charge in [0.1, 0.15) is 5.82 Å². The van der Waals surface area contributed by atoms with Crippen molar-refractivity contribution in [3.05, 3.63) is 23.9 Å². The maximum absolute atomic E-state index is 11.9. The van der Waals surface area contributed by atoms with Crippen molar-refractivity contribution in [3.8, 4) is 0 Å². The first-order valence-electron chi connectivity index (χ1n) is 8.24. The van der Waals surface area contributed by atoms with Gasteiger partial charge in [-0.25, -0.2) is 13.4 Å². The molecule has 0 aromatic carbocycles. The van der Waals surface area contributed by atoms with Crippen LogP contribution in [-0.4, -0.2) is 36.5 Å². The lowest BCUT2D eigenvalue weighted by Crippen LogP contribution is -2.30. The van der Waals surface area contributed by atoms with E-state index >= 15 is 0 Å². The lowest BCUT2D eigenvalue weighted by molar-refractivity contribution is 0.394. The van der Waals surface area contributed by atoms with Gasteiger partial charge >= 0.3 is 0 Å². The van der Waals surface area contributed by atoms with E-state index in [4.69, 9.17) is 4.98 Å². The standard InChI is InChI=1S/C16H25N3O2S/c1-22(20,21)19-12-6-10-15(19)14-9-5-11-16(18-14)17-13-7-3-2-4-8-13/h5,9,11,13,15H,2-4,6-8,10,12H2,1H3,(H,17,18). The molecule has 1 aromatic rings. The van der Waals surface area contributed by atoms with Gasteiger partial charge in [0.15, 0.2) is 0 Å². The fourth-order valence-electron chi connectivity index (χ4n) is 3.61. The van der Waals surface area contributed by atoms with Gasteiger partial charge in [0.25, 0.3) is 0 Å². The summed E-state index contributed by atoms with van der Waals surface area (Å²) in [5, 5.41) is 3.52. The Morgan fingerprint density at radius 1 is 1.14 bits per heavy atom. The van der Waals surface area contributed by atoms with Crippen molar-refractivity contribution in [2.75, 3.05) is 18.1 Å². The monoisotopic (exact) mass is 323 g/mol. The SMILES string of the molecule is CS(=O)(=O)N1CCCC1c1cccc(NC2CCCCC2)n1. The molecule has 5 nitrogen and oxygen atoms in total. The first-order chi connectivity index (χ1) is 10.5. The molecule has 2 fully saturated rings. The highest BCUT2D eigenvalue weighted by Crippen LogP contribution is 2.33. The molecule has 1 aromatic heterocycles. The van der Waals surface area contributed by atoms with E-state index in [1.807, 2.05) is 18.2 Å². The van der Waals surface area contributed by atoms with Gasteiger partial charge < -0.3 is 5.32 Å². The van der Waals surface area contributed by atoms with Gasteiger partial charge in [0.05, 0.1) is 18.0 Å². The number of hydrogen-bond donors (Lipinski definition) is 1. The summed E-state index contributed by atoms with van der Waals surface area (Å²) in [5.74, 6) is 0.879. The van der Waals surface area contributed by atoms with E-state index < -0.39 is 10.0 Å². The Balaban J connectivity index is 1.75. The summed E-state index contributed by atoms with van der Waals surface area (Å²) >= 11 is 0.